The van der Waals surface area contributed by atoms with Gasteiger partial charge in [-0.05, 0) is 41.3 Å². The lowest BCUT2D eigenvalue weighted by Crippen LogP contribution is -2.25. The van der Waals surface area contributed by atoms with Crippen LogP contribution >= 0.6 is 0 Å². The molecule has 0 N–H and O–H groups in total. The predicted octanol–water partition coefficient (Wildman–Crippen LogP) is 4.40. The number of rotatable bonds is 8. The zero-order chi connectivity index (χ0) is 23.2. The van der Waals surface area contributed by atoms with Gasteiger partial charge in [0.1, 0.15) is 5.75 Å². The van der Waals surface area contributed by atoms with E-state index in [1.165, 1.54) is 4.68 Å². The van der Waals surface area contributed by atoms with E-state index in [9.17, 15) is 13.6 Å². The standard InChI is InChI=1S/C26H24N2O4S/c1-2-32-23-10-6-9-22(15-23)25-24(21-13-11-20(12-14-21)18-33(30)31)16-27-28(26(25)29)17-19-7-4-3-5-8-19/h3-16H,2,17-18H2,1H3,(H,30,31)/p-1. The highest BCUT2D eigenvalue weighted by molar-refractivity contribution is 7.78. The summed E-state index contributed by atoms with van der Waals surface area (Å²) in [7, 11) is 0. The quantitative estimate of drug-likeness (QED) is 0.365. The average molecular weight is 460 g/mol. The Morgan fingerprint density at radius 2 is 1.70 bits per heavy atom. The number of hydrogen-bond acceptors (Lipinski definition) is 5. The molecule has 1 heterocycles. The monoisotopic (exact) mass is 459 g/mol. The lowest BCUT2D eigenvalue weighted by molar-refractivity contribution is 0.340. The molecular formula is C26H23N2O4S-. The molecule has 168 valence electrons. The van der Waals surface area contributed by atoms with Crippen LogP contribution < -0.4 is 10.3 Å². The molecule has 4 rings (SSSR count). The molecule has 0 saturated heterocycles. The molecule has 0 aliphatic carbocycles. The molecule has 4 aromatic rings. The van der Waals surface area contributed by atoms with Crippen LogP contribution in [0.3, 0.4) is 0 Å². The van der Waals surface area contributed by atoms with E-state index in [1.807, 2.05) is 73.7 Å². The Hall–Kier alpha value is -3.55. The van der Waals surface area contributed by atoms with Crippen LogP contribution in [0.15, 0.2) is 89.9 Å². The van der Waals surface area contributed by atoms with Crippen LogP contribution in [0.25, 0.3) is 22.3 Å². The molecule has 0 radical (unpaired) electrons. The largest absolute Gasteiger partial charge is 0.772 e. The van der Waals surface area contributed by atoms with Crippen molar-refractivity contribution in [2.45, 2.75) is 19.2 Å². The third-order valence-electron chi connectivity index (χ3n) is 5.20. The minimum absolute atomic E-state index is 0.0551. The van der Waals surface area contributed by atoms with Crippen LogP contribution in [0.4, 0.5) is 0 Å². The van der Waals surface area contributed by atoms with E-state index in [0.717, 1.165) is 16.7 Å². The summed E-state index contributed by atoms with van der Waals surface area (Å²) in [5.41, 5.74) is 4.14. The van der Waals surface area contributed by atoms with Gasteiger partial charge in [0.15, 0.2) is 0 Å². The Morgan fingerprint density at radius 1 is 0.939 bits per heavy atom. The van der Waals surface area contributed by atoms with E-state index in [0.29, 0.717) is 35.6 Å². The topological polar surface area (TPSA) is 84.2 Å². The maximum atomic E-state index is 13.6. The van der Waals surface area contributed by atoms with Crippen molar-refractivity contribution in [3.05, 3.63) is 107 Å². The summed E-state index contributed by atoms with van der Waals surface area (Å²) in [6, 6.07) is 24.3. The van der Waals surface area contributed by atoms with E-state index < -0.39 is 11.1 Å². The number of ether oxygens (including phenoxy) is 1. The van der Waals surface area contributed by atoms with Crippen molar-refractivity contribution in [1.29, 1.82) is 0 Å². The van der Waals surface area contributed by atoms with Gasteiger partial charge in [0.25, 0.3) is 5.56 Å². The van der Waals surface area contributed by atoms with E-state index in [-0.39, 0.29) is 11.3 Å². The molecule has 6 nitrogen and oxygen atoms in total. The molecular weight excluding hydrogens is 436 g/mol. The van der Waals surface area contributed by atoms with Crippen molar-refractivity contribution in [1.82, 2.24) is 9.78 Å². The third-order valence-corrected chi connectivity index (χ3v) is 5.77. The molecule has 0 saturated carbocycles. The van der Waals surface area contributed by atoms with Crippen LogP contribution in [-0.2, 0) is 23.4 Å². The second-order valence-electron chi connectivity index (χ2n) is 7.49. The number of hydrogen-bond donors (Lipinski definition) is 0. The molecule has 0 fully saturated rings. The minimum atomic E-state index is -2.16. The number of aromatic nitrogens is 2. The summed E-state index contributed by atoms with van der Waals surface area (Å²) in [4.78, 5) is 13.6. The Morgan fingerprint density at radius 3 is 2.39 bits per heavy atom. The lowest BCUT2D eigenvalue weighted by Gasteiger charge is -2.14. The summed E-state index contributed by atoms with van der Waals surface area (Å²) in [6.45, 7) is 2.79. The molecule has 7 heteroatoms. The highest BCUT2D eigenvalue weighted by Crippen LogP contribution is 2.31. The van der Waals surface area contributed by atoms with Crippen molar-refractivity contribution in [3.63, 3.8) is 0 Å². The SMILES string of the molecule is CCOc1cccc(-c2c(-c3ccc(CS(=O)[O-])cc3)cnn(Cc3ccccc3)c2=O)c1. The minimum Gasteiger partial charge on any atom is -0.772 e. The molecule has 1 aromatic heterocycles. The highest BCUT2D eigenvalue weighted by Gasteiger charge is 2.16. The molecule has 3 aromatic carbocycles. The van der Waals surface area contributed by atoms with Gasteiger partial charge in [-0.25, -0.2) is 4.68 Å². The number of benzene rings is 3. The molecule has 0 aliphatic rings. The third kappa shape index (κ3) is 5.45. The summed E-state index contributed by atoms with van der Waals surface area (Å²) in [6.07, 6.45) is 1.69. The van der Waals surface area contributed by atoms with Gasteiger partial charge in [0, 0.05) is 11.3 Å². The first kappa shape index (κ1) is 22.6. The van der Waals surface area contributed by atoms with Crippen LogP contribution in [0, 0.1) is 0 Å². The van der Waals surface area contributed by atoms with Gasteiger partial charge >= 0.3 is 0 Å². The van der Waals surface area contributed by atoms with Gasteiger partial charge < -0.3 is 9.29 Å². The smallest absolute Gasteiger partial charge is 0.275 e. The summed E-state index contributed by atoms with van der Waals surface area (Å²) < 4.78 is 29.1. The fourth-order valence-electron chi connectivity index (χ4n) is 3.68. The van der Waals surface area contributed by atoms with Gasteiger partial charge in [0.05, 0.1) is 24.9 Å². The van der Waals surface area contributed by atoms with Crippen molar-refractivity contribution in [2.24, 2.45) is 0 Å². The van der Waals surface area contributed by atoms with Crippen LogP contribution in [0.2, 0.25) is 0 Å². The van der Waals surface area contributed by atoms with Gasteiger partial charge in [0.2, 0.25) is 0 Å². The fourth-order valence-corrected chi connectivity index (χ4v) is 4.14. The second kappa shape index (κ2) is 10.4. The van der Waals surface area contributed by atoms with Gasteiger partial charge in [-0.15, -0.1) is 0 Å². The zero-order valence-electron chi connectivity index (χ0n) is 18.1. The Bertz CT molecular complexity index is 1320. The zero-order valence-corrected chi connectivity index (χ0v) is 19.0. The first-order valence-electron chi connectivity index (χ1n) is 10.6. The van der Waals surface area contributed by atoms with Crippen molar-refractivity contribution in [2.75, 3.05) is 6.61 Å². The normalized spacial score (nSPS) is 11.8. The van der Waals surface area contributed by atoms with E-state index in [1.54, 1.807) is 18.3 Å². The Labute approximate surface area is 194 Å². The van der Waals surface area contributed by atoms with Crippen LogP contribution in [0.5, 0.6) is 5.75 Å². The van der Waals surface area contributed by atoms with Gasteiger partial charge in [-0.2, -0.15) is 5.10 Å². The maximum absolute atomic E-state index is 13.6. The van der Waals surface area contributed by atoms with Crippen molar-refractivity contribution < 1.29 is 13.5 Å². The molecule has 0 amide bonds. The molecule has 0 spiro atoms. The summed E-state index contributed by atoms with van der Waals surface area (Å²) >= 11 is -2.16. The average Bonchev–Trinajstić information content (AvgIpc) is 2.81. The fraction of sp³-hybridized carbons (Fsp3) is 0.154. The van der Waals surface area contributed by atoms with E-state index in [4.69, 9.17) is 4.74 Å². The van der Waals surface area contributed by atoms with Crippen LogP contribution in [-0.4, -0.2) is 25.1 Å². The molecule has 0 aliphatic heterocycles. The Balaban J connectivity index is 1.84. The Kier molecular flexibility index (Phi) is 7.12. The van der Waals surface area contributed by atoms with E-state index in [2.05, 4.69) is 5.10 Å². The lowest BCUT2D eigenvalue weighted by atomic mass is 9.96. The first-order chi connectivity index (χ1) is 16.0. The van der Waals surface area contributed by atoms with Crippen LogP contribution in [0.1, 0.15) is 18.1 Å². The maximum Gasteiger partial charge on any atom is 0.275 e. The van der Waals surface area contributed by atoms with E-state index >= 15 is 0 Å². The predicted molar refractivity (Wildman–Crippen MR) is 129 cm³/mol. The van der Waals surface area contributed by atoms with Gasteiger partial charge in [-0.1, -0.05) is 77.8 Å². The second-order valence-corrected chi connectivity index (χ2v) is 8.38. The molecule has 0 bridgehead atoms. The number of nitrogens with zero attached hydrogens (tertiary/aromatic N) is 2. The summed E-state index contributed by atoms with van der Waals surface area (Å²) in [5, 5.41) is 4.44. The van der Waals surface area contributed by atoms with Crippen molar-refractivity contribution in [3.8, 4) is 28.0 Å². The molecule has 33 heavy (non-hydrogen) atoms. The van der Waals surface area contributed by atoms with Crippen molar-refractivity contribution >= 4 is 11.1 Å². The highest BCUT2D eigenvalue weighted by atomic mass is 32.2. The van der Waals surface area contributed by atoms with Gasteiger partial charge in [-0.3, -0.25) is 9.00 Å². The molecule has 1 unspecified atom stereocenters. The first-order valence-corrected chi connectivity index (χ1v) is 11.8. The molecule has 1 atom stereocenters. The summed E-state index contributed by atoms with van der Waals surface area (Å²) in [5.74, 6) is 0.625.